The maximum Gasteiger partial charge on any atom is 0.231 e. The van der Waals surface area contributed by atoms with Crippen molar-refractivity contribution >= 4 is 35.3 Å². The first kappa shape index (κ1) is 14.7. The molecule has 1 aromatic rings. The zero-order chi connectivity index (χ0) is 13.8. The van der Waals surface area contributed by atoms with Crippen LogP contribution in [0, 0.1) is 0 Å². The highest BCUT2D eigenvalue weighted by atomic mass is 35.5. The van der Waals surface area contributed by atoms with E-state index in [0.717, 1.165) is 18.8 Å². The van der Waals surface area contributed by atoms with Crippen LogP contribution in [-0.4, -0.2) is 53.1 Å². The zero-order valence-electron chi connectivity index (χ0n) is 11.6. The first-order valence-corrected chi connectivity index (χ1v) is 8.27. The molecule has 1 fully saturated rings. The molecule has 2 rings (SSSR count). The highest BCUT2D eigenvalue weighted by molar-refractivity contribution is 7.98. The van der Waals surface area contributed by atoms with Gasteiger partial charge in [-0.15, -0.1) is 0 Å². The van der Waals surface area contributed by atoms with E-state index in [-0.39, 0.29) is 5.28 Å². The third kappa shape index (κ3) is 3.63. The van der Waals surface area contributed by atoms with Crippen LogP contribution in [0.2, 0.25) is 5.28 Å². The third-order valence-corrected chi connectivity index (χ3v) is 4.34. The third-order valence-electron chi connectivity index (χ3n) is 3.36. The molecule has 1 aliphatic rings. The summed E-state index contributed by atoms with van der Waals surface area (Å²) in [5.74, 6) is 2.39. The highest BCUT2D eigenvalue weighted by Crippen LogP contribution is 2.21. The summed E-state index contributed by atoms with van der Waals surface area (Å²) in [5.41, 5.74) is 0. The van der Waals surface area contributed by atoms with Gasteiger partial charge in [-0.2, -0.15) is 26.7 Å². The summed E-state index contributed by atoms with van der Waals surface area (Å²) < 4.78 is 0. The number of nitrogens with zero attached hydrogens (tertiary/aromatic N) is 5. The molecule has 5 nitrogen and oxygen atoms in total. The summed E-state index contributed by atoms with van der Waals surface area (Å²) in [7, 11) is 2.00. The minimum Gasteiger partial charge on any atom is -0.341 e. The summed E-state index contributed by atoms with van der Waals surface area (Å²) in [4.78, 5) is 17.3. The van der Waals surface area contributed by atoms with E-state index in [1.165, 1.54) is 12.8 Å². The van der Waals surface area contributed by atoms with Crippen LogP contribution in [0.3, 0.4) is 0 Å². The fraction of sp³-hybridized carbons (Fsp3) is 0.750. The number of anilines is 2. The molecule has 1 atom stereocenters. The molecule has 1 saturated heterocycles. The molecule has 0 amide bonds. The number of rotatable bonds is 5. The molecule has 1 aromatic heterocycles. The van der Waals surface area contributed by atoms with E-state index in [1.807, 2.05) is 18.8 Å². The molecule has 0 radical (unpaired) electrons. The summed E-state index contributed by atoms with van der Waals surface area (Å²) in [6, 6.07) is 0.361. The Morgan fingerprint density at radius 1 is 1.32 bits per heavy atom. The quantitative estimate of drug-likeness (QED) is 0.831. The van der Waals surface area contributed by atoms with Gasteiger partial charge in [-0.25, -0.2) is 0 Å². The standard InChI is InChI=1S/C12H20ClN5S/c1-9(8-19-3)17(2)11-14-10(13)15-12(16-11)18-6-4-5-7-18/h9H,4-8H2,1-3H3. The number of halogens is 1. The largest absolute Gasteiger partial charge is 0.341 e. The highest BCUT2D eigenvalue weighted by Gasteiger charge is 2.19. The van der Waals surface area contributed by atoms with Crippen LogP contribution in [0.5, 0.6) is 0 Å². The van der Waals surface area contributed by atoms with Crippen LogP contribution in [-0.2, 0) is 0 Å². The van der Waals surface area contributed by atoms with E-state index in [4.69, 9.17) is 11.6 Å². The Morgan fingerprint density at radius 2 is 2.00 bits per heavy atom. The lowest BCUT2D eigenvalue weighted by molar-refractivity contribution is 0.730. The molecule has 0 aromatic carbocycles. The van der Waals surface area contributed by atoms with Crippen molar-refractivity contribution in [3.63, 3.8) is 0 Å². The molecule has 19 heavy (non-hydrogen) atoms. The Bertz CT molecular complexity index is 425. The van der Waals surface area contributed by atoms with Crippen LogP contribution in [0.15, 0.2) is 0 Å². The van der Waals surface area contributed by atoms with Crippen molar-refractivity contribution in [2.75, 3.05) is 41.9 Å². The van der Waals surface area contributed by atoms with E-state index in [2.05, 4.69) is 37.9 Å². The van der Waals surface area contributed by atoms with Gasteiger partial charge in [-0.3, -0.25) is 0 Å². The molecular weight excluding hydrogens is 282 g/mol. The van der Waals surface area contributed by atoms with Gasteiger partial charge < -0.3 is 9.80 Å². The van der Waals surface area contributed by atoms with Gasteiger partial charge in [0.05, 0.1) is 0 Å². The van der Waals surface area contributed by atoms with Gasteiger partial charge in [0.15, 0.2) is 0 Å². The van der Waals surface area contributed by atoms with E-state index >= 15 is 0 Å². The summed E-state index contributed by atoms with van der Waals surface area (Å²) in [6.45, 7) is 4.16. The minimum atomic E-state index is 0.273. The molecule has 0 spiro atoms. The first-order valence-electron chi connectivity index (χ1n) is 6.50. The van der Waals surface area contributed by atoms with Gasteiger partial charge in [0, 0.05) is 31.9 Å². The van der Waals surface area contributed by atoms with Crippen LogP contribution < -0.4 is 9.80 Å². The number of thioether (sulfide) groups is 1. The van der Waals surface area contributed by atoms with E-state index < -0.39 is 0 Å². The second-order valence-electron chi connectivity index (χ2n) is 4.81. The van der Waals surface area contributed by atoms with E-state index in [1.54, 1.807) is 0 Å². The molecule has 1 unspecified atom stereocenters. The smallest absolute Gasteiger partial charge is 0.231 e. The molecule has 0 N–H and O–H groups in total. The average Bonchev–Trinajstić information content (AvgIpc) is 2.91. The van der Waals surface area contributed by atoms with Crippen LogP contribution >= 0.6 is 23.4 Å². The maximum absolute atomic E-state index is 6.03. The van der Waals surface area contributed by atoms with Crippen LogP contribution in [0.1, 0.15) is 19.8 Å². The predicted molar refractivity (Wildman–Crippen MR) is 82.5 cm³/mol. The Balaban J connectivity index is 2.20. The molecular formula is C12H20ClN5S. The normalized spacial score (nSPS) is 16.7. The van der Waals surface area contributed by atoms with Crippen molar-refractivity contribution in [1.29, 1.82) is 0 Å². The van der Waals surface area contributed by atoms with E-state index in [9.17, 15) is 0 Å². The van der Waals surface area contributed by atoms with Gasteiger partial charge in [-0.1, -0.05) is 0 Å². The zero-order valence-corrected chi connectivity index (χ0v) is 13.2. The molecule has 0 bridgehead atoms. The Morgan fingerprint density at radius 3 is 2.63 bits per heavy atom. The second kappa shape index (κ2) is 6.61. The molecule has 2 heterocycles. The first-order chi connectivity index (χ1) is 9.11. The molecule has 0 saturated carbocycles. The molecule has 1 aliphatic heterocycles. The summed E-state index contributed by atoms with van der Waals surface area (Å²) >= 11 is 7.84. The van der Waals surface area contributed by atoms with Gasteiger partial charge in [0.25, 0.3) is 0 Å². The van der Waals surface area contributed by atoms with Gasteiger partial charge in [0.2, 0.25) is 17.2 Å². The fourth-order valence-electron chi connectivity index (χ4n) is 2.10. The fourth-order valence-corrected chi connectivity index (χ4v) is 2.95. The minimum absolute atomic E-state index is 0.273. The van der Waals surface area contributed by atoms with Crippen LogP contribution in [0.25, 0.3) is 0 Å². The van der Waals surface area contributed by atoms with Gasteiger partial charge in [-0.05, 0) is 37.6 Å². The lowest BCUT2D eigenvalue weighted by atomic mass is 10.3. The molecule has 0 aliphatic carbocycles. The number of aromatic nitrogens is 3. The topological polar surface area (TPSA) is 45.2 Å². The molecule has 7 heteroatoms. The Kier molecular flexibility index (Phi) is 5.10. The lowest BCUT2D eigenvalue weighted by Crippen LogP contribution is -2.33. The van der Waals surface area contributed by atoms with Crippen molar-refractivity contribution < 1.29 is 0 Å². The van der Waals surface area contributed by atoms with Gasteiger partial charge >= 0.3 is 0 Å². The summed E-state index contributed by atoms with van der Waals surface area (Å²) in [5, 5.41) is 0.273. The summed E-state index contributed by atoms with van der Waals surface area (Å²) in [6.07, 6.45) is 4.48. The van der Waals surface area contributed by atoms with Crippen molar-refractivity contribution in [1.82, 2.24) is 15.0 Å². The molecule has 106 valence electrons. The lowest BCUT2D eigenvalue weighted by Gasteiger charge is -2.25. The second-order valence-corrected chi connectivity index (χ2v) is 6.06. The van der Waals surface area contributed by atoms with Crippen molar-refractivity contribution in [3.05, 3.63) is 5.28 Å². The predicted octanol–water partition coefficient (Wildman–Crippen LogP) is 2.31. The van der Waals surface area contributed by atoms with Crippen molar-refractivity contribution in [2.24, 2.45) is 0 Å². The average molecular weight is 302 g/mol. The Hall–Kier alpha value is -0.750. The van der Waals surface area contributed by atoms with Gasteiger partial charge in [0.1, 0.15) is 0 Å². The van der Waals surface area contributed by atoms with Crippen molar-refractivity contribution in [2.45, 2.75) is 25.8 Å². The Labute approximate surface area is 123 Å². The van der Waals surface area contributed by atoms with E-state index in [0.29, 0.717) is 17.9 Å². The van der Waals surface area contributed by atoms with Crippen molar-refractivity contribution in [3.8, 4) is 0 Å². The SMILES string of the molecule is CSCC(C)N(C)c1nc(Cl)nc(N2CCCC2)n1. The number of hydrogen-bond acceptors (Lipinski definition) is 6. The monoisotopic (exact) mass is 301 g/mol. The number of hydrogen-bond donors (Lipinski definition) is 0. The van der Waals surface area contributed by atoms with Crippen LogP contribution in [0.4, 0.5) is 11.9 Å². The maximum atomic E-state index is 6.03.